The van der Waals surface area contributed by atoms with Crippen LogP contribution in [-0.4, -0.2) is 39.3 Å². The van der Waals surface area contributed by atoms with Crippen LogP contribution in [0.5, 0.6) is 0 Å². The Balaban J connectivity index is 1.90. The summed E-state index contributed by atoms with van der Waals surface area (Å²) in [4.78, 5) is 17.7. The highest BCUT2D eigenvalue weighted by Gasteiger charge is 2.37. The molecule has 1 aliphatic rings. The topological polar surface area (TPSA) is 76.8 Å². The first-order valence-electron chi connectivity index (χ1n) is 7.62. The third kappa shape index (κ3) is 2.63. The summed E-state index contributed by atoms with van der Waals surface area (Å²) < 4.78 is 46.6. The second kappa shape index (κ2) is 5.75. The van der Waals surface area contributed by atoms with Crippen LogP contribution in [0, 0.1) is 0 Å². The number of alkyl halides is 3. The number of carbonyl (C=O) groups is 1. The number of amides is 1. The van der Waals surface area contributed by atoms with Crippen LogP contribution in [0.1, 0.15) is 16.1 Å². The highest BCUT2D eigenvalue weighted by atomic mass is 35.5. The molecule has 4 rings (SSSR count). The van der Waals surface area contributed by atoms with E-state index >= 15 is 0 Å². The van der Waals surface area contributed by atoms with Crippen molar-refractivity contribution in [1.29, 1.82) is 0 Å². The van der Waals surface area contributed by atoms with Gasteiger partial charge < -0.3 is 15.1 Å². The average molecular weight is 385 g/mol. The normalized spacial score (nSPS) is 15.5. The van der Waals surface area contributed by atoms with Crippen LogP contribution >= 0.6 is 11.6 Å². The molecular formula is C16H12ClF3N4O2. The standard InChI is InChI=1S/C16H12ClF3N4O2/c17-13-12(15(25)23-5-10(21)6-23)22-14-11(16(18,19)20)3-9(4-24(13)14)8-1-2-26-7-8/h1-4,7,10H,5-6,21H2. The zero-order valence-corrected chi connectivity index (χ0v) is 13.9. The van der Waals surface area contributed by atoms with Crippen molar-refractivity contribution < 1.29 is 22.4 Å². The molecule has 26 heavy (non-hydrogen) atoms. The molecule has 10 heteroatoms. The Labute approximate surface area is 150 Å². The molecule has 2 N–H and O–H groups in total. The summed E-state index contributed by atoms with van der Waals surface area (Å²) >= 11 is 6.20. The molecule has 0 spiro atoms. The lowest BCUT2D eigenvalue weighted by Gasteiger charge is -2.36. The van der Waals surface area contributed by atoms with E-state index in [1.165, 1.54) is 29.7 Å². The minimum atomic E-state index is -4.67. The molecule has 0 aromatic carbocycles. The minimum absolute atomic E-state index is 0.145. The van der Waals surface area contributed by atoms with Crippen molar-refractivity contribution in [2.75, 3.05) is 13.1 Å². The van der Waals surface area contributed by atoms with E-state index in [1.54, 1.807) is 0 Å². The monoisotopic (exact) mass is 384 g/mol. The SMILES string of the molecule is NC1CN(C(=O)c2nc3c(C(F)(F)F)cc(-c4ccoc4)cn3c2Cl)C1. The molecule has 0 bridgehead atoms. The number of aromatic nitrogens is 2. The first-order valence-corrected chi connectivity index (χ1v) is 7.99. The van der Waals surface area contributed by atoms with Gasteiger partial charge in [0.05, 0.1) is 18.1 Å². The average Bonchev–Trinajstić information content (AvgIpc) is 3.18. The lowest BCUT2D eigenvalue weighted by Crippen LogP contribution is -2.57. The molecule has 0 saturated carbocycles. The number of hydrogen-bond acceptors (Lipinski definition) is 4. The van der Waals surface area contributed by atoms with E-state index in [0.29, 0.717) is 18.7 Å². The Morgan fingerprint density at radius 2 is 2.08 bits per heavy atom. The number of imidazole rings is 1. The largest absolute Gasteiger partial charge is 0.472 e. The van der Waals surface area contributed by atoms with Crippen molar-refractivity contribution in [2.24, 2.45) is 5.73 Å². The fourth-order valence-corrected chi connectivity index (χ4v) is 3.13. The molecule has 4 heterocycles. The van der Waals surface area contributed by atoms with Gasteiger partial charge in [-0.05, 0) is 12.1 Å². The minimum Gasteiger partial charge on any atom is -0.472 e. The molecule has 0 unspecified atom stereocenters. The second-order valence-corrected chi connectivity index (χ2v) is 6.43. The molecule has 1 fully saturated rings. The van der Waals surface area contributed by atoms with Crippen molar-refractivity contribution in [1.82, 2.24) is 14.3 Å². The molecule has 1 saturated heterocycles. The zero-order valence-electron chi connectivity index (χ0n) is 13.1. The van der Waals surface area contributed by atoms with Crippen molar-refractivity contribution in [2.45, 2.75) is 12.2 Å². The van der Waals surface area contributed by atoms with E-state index < -0.39 is 23.3 Å². The molecule has 6 nitrogen and oxygen atoms in total. The summed E-state index contributed by atoms with van der Waals surface area (Å²) in [6.45, 7) is 0.630. The molecule has 0 aliphatic carbocycles. The van der Waals surface area contributed by atoms with Crippen LogP contribution in [0.3, 0.4) is 0 Å². The third-order valence-electron chi connectivity index (χ3n) is 4.22. The van der Waals surface area contributed by atoms with Crippen LogP contribution in [0.4, 0.5) is 13.2 Å². The quantitative estimate of drug-likeness (QED) is 0.736. The van der Waals surface area contributed by atoms with Crippen LogP contribution in [0.15, 0.2) is 35.3 Å². The maximum atomic E-state index is 13.5. The van der Waals surface area contributed by atoms with Gasteiger partial charge in [0, 0.05) is 36.5 Å². The van der Waals surface area contributed by atoms with Gasteiger partial charge in [0.1, 0.15) is 5.15 Å². The molecule has 1 amide bonds. The molecule has 1 aliphatic heterocycles. The van der Waals surface area contributed by atoms with E-state index in [2.05, 4.69) is 4.98 Å². The molecule has 0 atom stereocenters. The number of rotatable bonds is 2. The summed E-state index contributed by atoms with van der Waals surface area (Å²) in [7, 11) is 0. The molecule has 3 aromatic rings. The summed E-state index contributed by atoms with van der Waals surface area (Å²) in [5.41, 5.74) is 4.69. The Morgan fingerprint density at radius 1 is 1.35 bits per heavy atom. The Bertz CT molecular complexity index is 991. The van der Waals surface area contributed by atoms with Gasteiger partial charge >= 0.3 is 6.18 Å². The molecule has 136 valence electrons. The van der Waals surface area contributed by atoms with E-state index in [0.717, 1.165) is 10.5 Å². The summed E-state index contributed by atoms with van der Waals surface area (Å²) in [6, 6.07) is 2.34. The van der Waals surface area contributed by atoms with Gasteiger partial charge in [-0.15, -0.1) is 0 Å². The van der Waals surface area contributed by atoms with Gasteiger partial charge in [-0.25, -0.2) is 4.98 Å². The predicted octanol–water partition coefficient (Wildman–Crippen LogP) is 3.05. The first kappa shape index (κ1) is 16.9. The fourth-order valence-electron chi connectivity index (χ4n) is 2.88. The number of pyridine rings is 1. The van der Waals surface area contributed by atoms with E-state index in [1.807, 2.05) is 0 Å². The molecule has 3 aromatic heterocycles. The number of likely N-dealkylation sites (tertiary alicyclic amines) is 1. The van der Waals surface area contributed by atoms with Crippen LogP contribution < -0.4 is 5.73 Å². The van der Waals surface area contributed by atoms with E-state index in [-0.39, 0.29) is 22.5 Å². The van der Waals surface area contributed by atoms with Gasteiger partial charge in [0.25, 0.3) is 5.91 Å². The number of hydrogen-bond donors (Lipinski definition) is 1. The highest BCUT2D eigenvalue weighted by Crippen LogP contribution is 2.37. The number of carbonyl (C=O) groups excluding carboxylic acids is 1. The second-order valence-electron chi connectivity index (χ2n) is 6.07. The van der Waals surface area contributed by atoms with Crippen molar-refractivity contribution >= 4 is 23.2 Å². The Morgan fingerprint density at radius 3 is 2.65 bits per heavy atom. The van der Waals surface area contributed by atoms with Crippen LogP contribution in [-0.2, 0) is 6.18 Å². The predicted molar refractivity (Wildman–Crippen MR) is 86.8 cm³/mol. The Kier molecular flexibility index (Phi) is 3.74. The lowest BCUT2D eigenvalue weighted by atomic mass is 10.1. The maximum Gasteiger partial charge on any atom is 0.420 e. The van der Waals surface area contributed by atoms with Gasteiger partial charge in [-0.2, -0.15) is 13.2 Å². The van der Waals surface area contributed by atoms with Crippen LogP contribution in [0.25, 0.3) is 16.8 Å². The number of furan rings is 1. The van der Waals surface area contributed by atoms with Crippen molar-refractivity contribution in [3.8, 4) is 11.1 Å². The van der Waals surface area contributed by atoms with E-state index in [9.17, 15) is 18.0 Å². The summed E-state index contributed by atoms with van der Waals surface area (Å²) in [6.07, 6.45) is -0.609. The first-order chi connectivity index (χ1) is 12.3. The maximum absolute atomic E-state index is 13.5. The zero-order chi connectivity index (χ0) is 18.6. The number of nitrogens with zero attached hydrogens (tertiary/aromatic N) is 3. The van der Waals surface area contributed by atoms with Gasteiger partial charge in [0.15, 0.2) is 11.3 Å². The third-order valence-corrected chi connectivity index (χ3v) is 4.58. The van der Waals surface area contributed by atoms with Gasteiger partial charge in [0.2, 0.25) is 0 Å². The van der Waals surface area contributed by atoms with Gasteiger partial charge in [-0.1, -0.05) is 11.6 Å². The summed E-state index contributed by atoms with van der Waals surface area (Å²) in [5, 5.41) is -0.179. The number of fused-ring (bicyclic) bond motifs is 1. The molecule has 0 radical (unpaired) electrons. The summed E-state index contributed by atoms with van der Waals surface area (Å²) in [5.74, 6) is -0.543. The highest BCUT2D eigenvalue weighted by molar-refractivity contribution is 6.33. The van der Waals surface area contributed by atoms with Gasteiger partial charge in [-0.3, -0.25) is 9.20 Å². The van der Waals surface area contributed by atoms with Crippen LogP contribution in [0.2, 0.25) is 5.15 Å². The van der Waals surface area contributed by atoms with E-state index in [4.69, 9.17) is 21.8 Å². The Hall–Kier alpha value is -2.52. The van der Waals surface area contributed by atoms with Crippen molar-refractivity contribution in [3.05, 3.63) is 47.3 Å². The van der Waals surface area contributed by atoms with Crippen molar-refractivity contribution in [3.63, 3.8) is 0 Å². The number of nitrogens with two attached hydrogens (primary N) is 1. The smallest absolute Gasteiger partial charge is 0.420 e. The fraction of sp³-hybridized carbons (Fsp3) is 0.250. The lowest BCUT2D eigenvalue weighted by molar-refractivity contribution is -0.136. The molecular weight excluding hydrogens is 373 g/mol. The number of halogens is 4.